The van der Waals surface area contributed by atoms with Gasteiger partial charge in [-0.3, -0.25) is 14.4 Å². The van der Waals surface area contributed by atoms with E-state index in [0.29, 0.717) is 35.6 Å². The highest BCUT2D eigenvalue weighted by Crippen LogP contribution is 2.37. The third kappa shape index (κ3) is 4.98. The fraction of sp³-hybridized carbons (Fsp3) is 0.400. The van der Waals surface area contributed by atoms with Crippen LogP contribution >= 0.6 is 0 Å². The van der Waals surface area contributed by atoms with Crippen LogP contribution in [-0.4, -0.2) is 80.0 Å². The van der Waals surface area contributed by atoms with Crippen LogP contribution in [0.25, 0.3) is 11.6 Å². The van der Waals surface area contributed by atoms with Gasteiger partial charge in [-0.15, -0.1) is 0 Å². The average Bonchev–Trinajstić information content (AvgIpc) is 3.19. The predicted molar refractivity (Wildman–Crippen MR) is 132 cm³/mol. The molecule has 0 bridgehead atoms. The number of nitrogens with one attached hydrogen (secondary N) is 3. The molecule has 186 valence electrons. The lowest BCUT2D eigenvalue weighted by molar-refractivity contribution is -0.119. The molecule has 2 aromatic rings. The Hall–Kier alpha value is -3.50. The van der Waals surface area contributed by atoms with Crippen molar-refractivity contribution < 1.29 is 23.5 Å². The number of hydrogen-bond acceptors (Lipinski definition) is 5. The number of nitrogens with zero attached hydrogens (tertiary/aromatic N) is 2. The molecule has 3 amide bonds. The van der Waals surface area contributed by atoms with Gasteiger partial charge in [-0.2, -0.15) is 0 Å². The molecule has 10 heteroatoms. The Morgan fingerprint density at radius 2 is 2.09 bits per heavy atom. The summed E-state index contributed by atoms with van der Waals surface area (Å²) >= 11 is 0. The normalized spacial score (nSPS) is 16.4. The Morgan fingerprint density at radius 1 is 1.31 bits per heavy atom. The first-order valence-electron chi connectivity index (χ1n) is 11.5. The van der Waals surface area contributed by atoms with E-state index >= 15 is 0 Å². The van der Waals surface area contributed by atoms with Gasteiger partial charge < -0.3 is 30.2 Å². The van der Waals surface area contributed by atoms with Gasteiger partial charge in [0.25, 0.3) is 11.8 Å². The molecule has 1 aromatic heterocycles. The second-order valence-corrected chi connectivity index (χ2v) is 9.09. The first kappa shape index (κ1) is 24.6. The van der Waals surface area contributed by atoms with Gasteiger partial charge >= 0.3 is 0 Å². The number of carbonyl (C=O) groups excluding carboxylic acids is 3. The maximum atomic E-state index is 14.7. The van der Waals surface area contributed by atoms with Crippen molar-refractivity contribution in [2.45, 2.75) is 19.8 Å². The number of ether oxygens (including phenoxy) is 1. The molecule has 1 aromatic carbocycles. The van der Waals surface area contributed by atoms with Crippen LogP contribution < -0.4 is 10.6 Å². The zero-order chi connectivity index (χ0) is 25.3. The summed E-state index contributed by atoms with van der Waals surface area (Å²) < 4.78 is 19.5. The first-order valence-corrected chi connectivity index (χ1v) is 11.5. The minimum absolute atomic E-state index is 0.0171. The molecule has 0 fully saturated rings. The summed E-state index contributed by atoms with van der Waals surface area (Å²) in [7, 11) is 5.32. The van der Waals surface area contributed by atoms with Crippen LogP contribution in [0.5, 0.6) is 0 Å². The van der Waals surface area contributed by atoms with Crippen LogP contribution in [0.2, 0.25) is 0 Å². The van der Waals surface area contributed by atoms with Crippen molar-refractivity contribution in [2.75, 3.05) is 58.1 Å². The van der Waals surface area contributed by atoms with Crippen LogP contribution in [0.15, 0.2) is 12.1 Å². The largest absolute Gasteiger partial charge is 0.375 e. The molecule has 0 radical (unpaired) electrons. The Kier molecular flexibility index (Phi) is 7.04. The van der Waals surface area contributed by atoms with Gasteiger partial charge in [-0.05, 0) is 57.6 Å². The molecule has 3 N–H and O–H groups in total. The Balaban J connectivity index is 1.66. The van der Waals surface area contributed by atoms with Crippen LogP contribution in [0.4, 0.5) is 15.8 Å². The molecule has 0 saturated carbocycles. The monoisotopic (exact) mass is 483 g/mol. The van der Waals surface area contributed by atoms with E-state index in [1.807, 2.05) is 30.8 Å². The number of halogens is 1. The van der Waals surface area contributed by atoms with Crippen molar-refractivity contribution in [1.82, 2.24) is 14.8 Å². The third-order valence-corrected chi connectivity index (χ3v) is 6.27. The van der Waals surface area contributed by atoms with Gasteiger partial charge in [0, 0.05) is 43.7 Å². The summed E-state index contributed by atoms with van der Waals surface area (Å²) in [4.78, 5) is 45.1. The van der Waals surface area contributed by atoms with Crippen LogP contribution in [0, 0.1) is 12.7 Å². The highest BCUT2D eigenvalue weighted by atomic mass is 19.1. The highest BCUT2D eigenvalue weighted by Gasteiger charge is 2.30. The molecule has 0 spiro atoms. The number of H-pyrrole nitrogens is 1. The van der Waals surface area contributed by atoms with Gasteiger partial charge in [0.15, 0.2) is 0 Å². The van der Waals surface area contributed by atoms with Crippen molar-refractivity contribution in [2.24, 2.45) is 0 Å². The quantitative estimate of drug-likeness (QED) is 0.525. The fourth-order valence-electron chi connectivity index (χ4n) is 4.45. The molecule has 0 aliphatic carbocycles. The molecule has 3 heterocycles. The zero-order valence-electron chi connectivity index (χ0n) is 20.4. The van der Waals surface area contributed by atoms with Crippen LogP contribution in [-0.2, 0) is 20.7 Å². The van der Waals surface area contributed by atoms with Crippen molar-refractivity contribution in [1.29, 1.82) is 0 Å². The van der Waals surface area contributed by atoms with Gasteiger partial charge in [0.05, 0.1) is 22.5 Å². The summed E-state index contributed by atoms with van der Waals surface area (Å²) in [5.74, 6) is -1.57. The minimum Gasteiger partial charge on any atom is -0.375 e. The molecule has 2 aliphatic heterocycles. The SMILES string of the molecule is COCC(=O)Nc1cc2c(cc1F)C(=Cc1[nH]c3c(c1C)C(=O)N(CCN(C)C)CCC3)C(=O)N2. The number of amides is 3. The predicted octanol–water partition coefficient (Wildman–Crippen LogP) is 2.49. The summed E-state index contributed by atoms with van der Waals surface area (Å²) in [6, 6.07) is 2.61. The van der Waals surface area contributed by atoms with Crippen LogP contribution in [0.3, 0.4) is 0 Å². The van der Waals surface area contributed by atoms with E-state index < -0.39 is 11.7 Å². The van der Waals surface area contributed by atoms with Crippen molar-refractivity contribution in [3.8, 4) is 0 Å². The lowest BCUT2D eigenvalue weighted by Crippen LogP contribution is -2.36. The number of hydrogen-bond donors (Lipinski definition) is 3. The lowest BCUT2D eigenvalue weighted by Gasteiger charge is -2.23. The van der Waals surface area contributed by atoms with Crippen molar-refractivity contribution in [3.05, 3.63) is 46.0 Å². The zero-order valence-corrected chi connectivity index (χ0v) is 20.4. The summed E-state index contributed by atoms with van der Waals surface area (Å²) in [5.41, 5.74) is 3.94. The Bertz CT molecular complexity index is 1220. The number of aryl methyl sites for hydroxylation is 1. The number of fused-ring (bicyclic) bond motifs is 2. The number of aromatic amines is 1. The van der Waals surface area contributed by atoms with E-state index in [4.69, 9.17) is 4.74 Å². The number of anilines is 2. The molecule has 9 nitrogen and oxygen atoms in total. The fourth-order valence-corrected chi connectivity index (χ4v) is 4.45. The Morgan fingerprint density at radius 3 is 2.80 bits per heavy atom. The maximum absolute atomic E-state index is 14.7. The second-order valence-electron chi connectivity index (χ2n) is 9.09. The topological polar surface area (TPSA) is 107 Å². The van der Waals surface area contributed by atoms with E-state index in [1.165, 1.54) is 19.2 Å². The van der Waals surface area contributed by atoms with E-state index in [1.54, 1.807) is 6.08 Å². The number of aromatic nitrogens is 1. The summed E-state index contributed by atoms with van der Waals surface area (Å²) in [5, 5.41) is 5.16. The smallest absolute Gasteiger partial charge is 0.256 e. The minimum atomic E-state index is -0.665. The molecular weight excluding hydrogens is 453 g/mol. The van der Waals surface area contributed by atoms with Crippen molar-refractivity contribution in [3.63, 3.8) is 0 Å². The summed E-state index contributed by atoms with van der Waals surface area (Å²) in [6.07, 6.45) is 3.23. The van der Waals surface area contributed by atoms with Gasteiger partial charge in [-0.1, -0.05) is 0 Å². The standard InChI is InChI=1S/C25H30FN5O4/c1-14-19(27-18-6-5-7-31(9-8-30(2)3)25(34)23(14)18)11-16-15-10-17(26)21(28-22(32)13-35-4)12-20(15)29-24(16)33/h10-12,27H,5-9,13H2,1-4H3,(H,28,32)(H,29,33). The van der Waals surface area contributed by atoms with Gasteiger partial charge in [0.1, 0.15) is 12.4 Å². The number of methoxy groups -OCH3 is 1. The summed E-state index contributed by atoms with van der Waals surface area (Å²) in [6.45, 7) is 3.76. The molecule has 0 saturated heterocycles. The second kappa shape index (κ2) is 10.0. The molecule has 0 unspecified atom stereocenters. The molecule has 4 rings (SSSR count). The third-order valence-electron chi connectivity index (χ3n) is 6.27. The van der Waals surface area contributed by atoms with Crippen molar-refractivity contribution >= 4 is 40.7 Å². The molecule has 35 heavy (non-hydrogen) atoms. The average molecular weight is 484 g/mol. The number of likely N-dealkylation sites (N-methyl/N-ethyl adjacent to an activating group) is 1. The Labute approximate surface area is 203 Å². The van der Waals surface area contributed by atoms with E-state index in [9.17, 15) is 18.8 Å². The number of rotatable bonds is 7. The molecular formula is C25H30FN5O4. The number of benzene rings is 1. The lowest BCUT2D eigenvalue weighted by atomic mass is 10.0. The first-order chi connectivity index (χ1) is 16.7. The van der Waals surface area contributed by atoms with E-state index in [2.05, 4.69) is 15.6 Å². The number of carbonyl (C=O) groups is 3. The highest BCUT2D eigenvalue weighted by molar-refractivity contribution is 6.35. The molecule has 0 atom stereocenters. The molecule has 2 aliphatic rings. The van der Waals surface area contributed by atoms with Gasteiger partial charge in [-0.25, -0.2) is 4.39 Å². The van der Waals surface area contributed by atoms with Crippen LogP contribution in [0.1, 0.15) is 39.3 Å². The maximum Gasteiger partial charge on any atom is 0.256 e. The van der Waals surface area contributed by atoms with Gasteiger partial charge in [0.2, 0.25) is 5.91 Å². The van der Waals surface area contributed by atoms with E-state index in [-0.39, 0.29) is 29.7 Å². The van der Waals surface area contributed by atoms with E-state index in [0.717, 1.165) is 30.6 Å².